The number of nitrogens with one attached hydrogen (secondary N) is 1. The van der Waals surface area contributed by atoms with E-state index in [9.17, 15) is 4.79 Å². The molecule has 1 fully saturated rings. The molecule has 10 heavy (non-hydrogen) atoms. The topological polar surface area (TPSA) is 29.1 Å². The fraction of sp³-hybridized carbons (Fsp3) is 0.625. The molecule has 1 aliphatic heterocycles. The van der Waals surface area contributed by atoms with Gasteiger partial charge in [0.1, 0.15) is 6.29 Å². The van der Waals surface area contributed by atoms with Crippen LogP contribution in [0.4, 0.5) is 0 Å². The lowest BCUT2D eigenvalue weighted by Gasteiger charge is -2.19. The van der Waals surface area contributed by atoms with Gasteiger partial charge in [-0.2, -0.15) is 0 Å². The predicted octanol–water partition coefficient (Wildman–Crippen LogP) is 0.884. The highest BCUT2D eigenvalue weighted by Gasteiger charge is 2.31. The predicted molar refractivity (Wildman–Crippen MR) is 40.8 cm³/mol. The maximum Gasteiger partial charge on any atom is 0.140 e. The lowest BCUT2D eigenvalue weighted by Crippen LogP contribution is -2.40. The molecule has 1 atom stereocenters. The summed E-state index contributed by atoms with van der Waals surface area (Å²) in [4.78, 5) is 10.6. The van der Waals surface area contributed by atoms with E-state index in [1.807, 2.05) is 0 Å². The monoisotopic (exact) mass is 139 g/mol. The van der Waals surface area contributed by atoms with Crippen LogP contribution in [0.5, 0.6) is 0 Å². The van der Waals surface area contributed by atoms with Crippen LogP contribution in [0.25, 0.3) is 0 Å². The first kappa shape index (κ1) is 7.48. The largest absolute Gasteiger partial charge is 0.305 e. The summed E-state index contributed by atoms with van der Waals surface area (Å²) in [5.41, 5.74) is -0.262. The van der Waals surface area contributed by atoms with Crippen LogP contribution in [0, 0.1) is 0 Å². The van der Waals surface area contributed by atoms with Gasteiger partial charge in [0.15, 0.2) is 0 Å². The highest BCUT2D eigenvalue weighted by Crippen LogP contribution is 2.20. The summed E-state index contributed by atoms with van der Waals surface area (Å²) in [7, 11) is 0. The van der Waals surface area contributed by atoms with E-state index in [4.69, 9.17) is 0 Å². The van der Waals surface area contributed by atoms with Crippen molar-refractivity contribution in [1.29, 1.82) is 0 Å². The van der Waals surface area contributed by atoms with Gasteiger partial charge in [0, 0.05) is 0 Å². The van der Waals surface area contributed by atoms with Crippen LogP contribution in [0.15, 0.2) is 12.7 Å². The minimum absolute atomic E-state index is 0.262. The second-order valence-electron chi connectivity index (χ2n) is 2.80. The van der Waals surface area contributed by atoms with Crippen molar-refractivity contribution in [2.75, 3.05) is 6.54 Å². The SMILES string of the molecule is C=CCC1(C=O)CCCN1. The van der Waals surface area contributed by atoms with Gasteiger partial charge < -0.3 is 10.1 Å². The van der Waals surface area contributed by atoms with E-state index in [-0.39, 0.29) is 5.54 Å². The molecule has 1 aliphatic rings. The number of hydrogen-bond acceptors (Lipinski definition) is 2. The van der Waals surface area contributed by atoms with Crippen LogP contribution in [0.1, 0.15) is 19.3 Å². The van der Waals surface area contributed by atoms with Gasteiger partial charge in [0.25, 0.3) is 0 Å². The third-order valence-electron chi connectivity index (χ3n) is 2.01. The maximum absolute atomic E-state index is 10.6. The van der Waals surface area contributed by atoms with Crippen molar-refractivity contribution in [1.82, 2.24) is 5.32 Å². The average molecular weight is 139 g/mol. The number of hydrogen-bond donors (Lipinski definition) is 1. The lowest BCUT2D eigenvalue weighted by atomic mass is 9.96. The van der Waals surface area contributed by atoms with Crippen LogP contribution in [0.2, 0.25) is 0 Å². The minimum Gasteiger partial charge on any atom is -0.305 e. The number of carbonyl (C=O) groups is 1. The zero-order valence-corrected chi connectivity index (χ0v) is 6.10. The molecule has 2 nitrogen and oxygen atoms in total. The minimum atomic E-state index is -0.262. The normalized spacial score (nSPS) is 32.0. The van der Waals surface area contributed by atoms with Crippen molar-refractivity contribution in [3.63, 3.8) is 0 Å². The van der Waals surface area contributed by atoms with Gasteiger partial charge in [0.05, 0.1) is 5.54 Å². The highest BCUT2D eigenvalue weighted by molar-refractivity contribution is 5.65. The molecule has 1 unspecified atom stereocenters. The van der Waals surface area contributed by atoms with Crippen LogP contribution in [-0.4, -0.2) is 18.4 Å². The number of aldehydes is 1. The van der Waals surface area contributed by atoms with Crippen LogP contribution in [-0.2, 0) is 4.79 Å². The fourth-order valence-electron chi connectivity index (χ4n) is 1.41. The Hall–Kier alpha value is -0.630. The molecule has 2 heteroatoms. The van der Waals surface area contributed by atoms with Crippen molar-refractivity contribution in [2.24, 2.45) is 0 Å². The van der Waals surface area contributed by atoms with Crippen molar-refractivity contribution >= 4 is 6.29 Å². The van der Waals surface area contributed by atoms with Gasteiger partial charge in [-0.3, -0.25) is 0 Å². The van der Waals surface area contributed by atoms with E-state index in [2.05, 4.69) is 11.9 Å². The van der Waals surface area contributed by atoms with Crippen molar-refractivity contribution < 1.29 is 4.79 Å². The summed E-state index contributed by atoms with van der Waals surface area (Å²) in [6, 6.07) is 0. The Morgan fingerprint density at radius 1 is 1.70 bits per heavy atom. The number of carbonyl (C=O) groups excluding carboxylic acids is 1. The van der Waals surface area contributed by atoms with E-state index in [1.165, 1.54) is 0 Å². The Balaban J connectivity index is 2.57. The smallest absolute Gasteiger partial charge is 0.140 e. The first-order chi connectivity index (χ1) is 4.83. The summed E-state index contributed by atoms with van der Waals surface area (Å²) >= 11 is 0. The molecule has 0 amide bonds. The van der Waals surface area contributed by atoms with E-state index < -0.39 is 0 Å². The second kappa shape index (κ2) is 2.97. The summed E-state index contributed by atoms with van der Waals surface area (Å²) < 4.78 is 0. The zero-order valence-electron chi connectivity index (χ0n) is 6.10. The summed E-state index contributed by atoms with van der Waals surface area (Å²) in [5.74, 6) is 0. The van der Waals surface area contributed by atoms with Gasteiger partial charge in [0.2, 0.25) is 0 Å². The van der Waals surface area contributed by atoms with Crippen molar-refractivity contribution in [3.8, 4) is 0 Å². The Kier molecular flexibility index (Phi) is 2.22. The van der Waals surface area contributed by atoms with Crippen molar-refractivity contribution in [3.05, 3.63) is 12.7 Å². The third kappa shape index (κ3) is 1.27. The molecular formula is C8H13NO. The van der Waals surface area contributed by atoms with E-state index in [1.54, 1.807) is 6.08 Å². The highest BCUT2D eigenvalue weighted by atomic mass is 16.1. The standard InChI is InChI=1S/C8H13NO/c1-2-4-8(7-10)5-3-6-9-8/h2,7,9H,1,3-6H2. The van der Waals surface area contributed by atoms with Gasteiger partial charge in [-0.25, -0.2) is 0 Å². The summed E-state index contributed by atoms with van der Waals surface area (Å²) in [6.45, 7) is 4.58. The molecule has 0 aliphatic carbocycles. The molecule has 1 rings (SSSR count). The zero-order chi connectivity index (χ0) is 7.45. The average Bonchev–Trinajstić information content (AvgIpc) is 2.39. The van der Waals surface area contributed by atoms with Crippen LogP contribution < -0.4 is 5.32 Å². The second-order valence-corrected chi connectivity index (χ2v) is 2.80. The summed E-state index contributed by atoms with van der Waals surface area (Å²) in [6.07, 6.45) is 5.64. The Morgan fingerprint density at radius 3 is 2.90 bits per heavy atom. The molecule has 0 aromatic heterocycles. The fourth-order valence-corrected chi connectivity index (χ4v) is 1.41. The first-order valence-electron chi connectivity index (χ1n) is 3.65. The summed E-state index contributed by atoms with van der Waals surface area (Å²) in [5, 5.41) is 3.18. The number of rotatable bonds is 3. The van der Waals surface area contributed by atoms with Crippen LogP contribution in [0.3, 0.4) is 0 Å². The molecule has 1 heterocycles. The van der Waals surface area contributed by atoms with E-state index >= 15 is 0 Å². The molecule has 0 aromatic carbocycles. The van der Waals surface area contributed by atoms with Gasteiger partial charge in [-0.1, -0.05) is 6.08 Å². The van der Waals surface area contributed by atoms with Gasteiger partial charge in [-0.15, -0.1) is 6.58 Å². The lowest BCUT2D eigenvalue weighted by molar-refractivity contribution is -0.112. The van der Waals surface area contributed by atoms with Gasteiger partial charge in [-0.05, 0) is 25.8 Å². The molecule has 0 radical (unpaired) electrons. The van der Waals surface area contributed by atoms with Crippen molar-refractivity contribution in [2.45, 2.75) is 24.8 Å². The van der Waals surface area contributed by atoms with Crippen LogP contribution >= 0.6 is 0 Å². The molecule has 0 bridgehead atoms. The van der Waals surface area contributed by atoms with E-state index in [0.29, 0.717) is 0 Å². The first-order valence-corrected chi connectivity index (χ1v) is 3.65. The Bertz CT molecular complexity index is 136. The molecular weight excluding hydrogens is 126 g/mol. The van der Waals surface area contributed by atoms with E-state index in [0.717, 1.165) is 32.1 Å². The molecule has 0 spiro atoms. The quantitative estimate of drug-likeness (QED) is 0.464. The third-order valence-corrected chi connectivity index (χ3v) is 2.01. The van der Waals surface area contributed by atoms with Gasteiger partial charge >= 0.3 is 0 Å². The Morgan fingerprint density at radius 2 is 2.50 bits per heavy atom. The molecule has 1 N–H and O–H groups in total. The molecule has 0 aromatic rings. The molecule has 1 saturated heterocycles. The molecule has 56 valence electrons. The maximum atomic E-state index is 10.6. The Labute approximate surface area is 61.3 Å². The molecule has 0 saturated carbocycles.